The third-order valence-electron chi connectivity index (χ3n) is 6.59. The zero-order valence-electron chi connectivity index (χ0n) is 21.8. The van der Waals surface area contributed by atoms with Crippen LogP contribution in [0.25, 0.3) is 11.0 Å². The highest BCUT2D eigenvalue weighted by atomic mass is 16.6. The van der Waals surface area contributed by atoms with E-state index in [0.29, 0.717) is 31.5 Å². The Kier molecular flexibility index (Phi) is 7.83. The minimum Gasteiger partial charge on any atom is -0.444 e. The molecule has 1 fully saturated rings. The summed E-state index contributed by atoms with van der Waals surface area (Å²) in [7, 11) is 0. The molecule has 0 radical (unpaired) electrons. The van der Waals surface area contributed by atoms with E-state index in [0.717, 1.165) is 22.4 Å². The van der Waals surface area contributed by atoms with E-state index in [2.05, 4.69) is 36.6 Å². The Morgan fingerprint density at radius 3 is 2.55 bits per heavy atom. The number of anilines is 1. The highest BCUT2D eigenvalue weighted by molar-refractivity contribution is 5.91. The lowest BCUT2D eigenvalue weighted by Crippen LogP contribution is -2.64. The number of aromatic nitrogens is 3. The predicted molar refractivity (Wildman–Crippen MR) is 141 cm³/mol. The quantitative estimate of drug-likeness (QED) is 0.371. The molecule has 3 aromatic rings. The van der Waals surface area contributed by atoms with Gasteiger partial charge in [0.1, 0.15) is 28.9 Å². The molecule has 0 aliphatic carbocycles. The van der Waals surface area contributed by atoms with Gasteiger partial charge in [-0.05, 0) is 63.8 Å². The van der Waals surface area contributed by atoms with E-state index in [9.17, 15) is 14.7 Å². The number of ether oxygens (including phenoxy) is 1. The Morgan fingerprint density at radius 2 is 1.92 bits per heavy atom. The maximum Gasteiger partial charge on any atom is 0.408 e. The zero-order chi connectivity index (χ0) is 27.3. The van der Waals surface area contributed by atoms with Crippen LogP contribution in [0.1, 0.15) is 57.2 Å². The molecule has 4 N–H and O–H groups in total. The molecule has 0 spiro atoms. The van der Waals surface area contributed by atoms with Crippen molar-refractivity contribution in [2.45, 2.75) is 57.2 Å². The number of nitrogens with one attached hydrogen (secondary N) is 3. The molecule has 38 heavy (non-hydrogen) atoms. The first-order valence-electron chi connectivity index (χ1n) is 12.6. The minimum atomic E-state index is -1.23. The summed E-state index contributed by atoms with van der Waals surface area (Å²) < 4.78 is 5.50. The van der Waals surface area contributed by atoms with Gasteiger partial charge >= 0.3 is 6.09 Å². The molecule has 11 nitrogen and oxygen atoms in total. The van der Waals surface area contributed by atoms with Gasteiger partial charge in [0, 0.05) is 25.9 Å². The molecule has 11 heteroatoms. The zero-order valence-corrected chi connectivity index (χ0v) is 21.8. The molecular weight excluding hydrogens is 486 g/mol. The van der Waals surface area contributed by atoms with E-state index in [1.165, 1.54) is 6.33 Å². The number of aliphatic hydroxyl groups is 1. The van der Waals surface area contributed by atoms with E-state index in [-0.39, 0.29) is 18.9 Å². The van der Waals surface area contributed by atoms with Crippen LogP contribution in [0.2, 0.25) is 0 Å². The van der Waals surface area contributed by atoms with Gasteiger partial charge in [-0.15, -0.1) is 0 Å². The Labute approximate surface area is 221 Å². The van der Waals surface area contributed by atoms with Gasteiger partial charge < -0.3 is 30.4 Å². The van der Waals surface area contributed by atoms with Crippen molar-refractivity contribution in [3.63, 3.8) is 0 Å². The summed E-state index contributed by atoms with van der Waals surface area (Å²) in [4.78, 5) is 40.6. The largest absolute Gasteiger partial charge is 0.444 e. The molecule has 2 amide bonds. The fourth-order valence-electron chi connectivity index (χ4n) is 4.66. The number of hydrogen-bond donors (Lipinski definition) is 4. The number of aliphatic hydroxyl groups excluding tert-OH is 1. The Balaban J connectivity index is 1.57. The fraction of sp³-hybridized carbons (Fsp3) is 0.444. The molecular formula is C27H33N7O4. The Hall–Kier alpha value is -4.17. The number of aromatic amines is 1. The standard InChI is InChI=1S/C27H33N7O4/c1-26(2,3)38-25(37)33-27(24(36)32-21(9-15-35)19-6-4-18(16-28)5-7-19)10-13-34(14-11-27)23-20-8-12-29-22(20)30-17-31-23/h4-8,12,17,21,35H,9-11,13-15H2,1-3H3,(H,32,36)(H,33,37)(H,29,30,31)/t21-/m0/s1. The summed E-state index contributed by atoms with van der Waals surface area (Å²) in [5, 5.41) is 25.6. The lowest BCUT2D eigenvalue weighted by atomic mass is 9.85. The smallest absolute Gasteiger partial charge is 0.408 e. The average molecular weight is 520 g/mol. The third kappa shape index (κ3) is 6.03. The molecule has 4 rings (SSSR count). The Bertz CT molecular complexity index is 1320. The van der Waals surface area contributed by atoms with Crippen LogP contribution in [-0.4, -0.2) is 62.9 Å². The van der Waals surface area contributed by atoms with Crippen molar-refractivity contribution in [3.05, 3.63) is 54.0 Å². The lowest BCUT2D eigenvalue weighted by Gasteiger charge is -2.42. The van der Waals surface area contributed by atoms with Crippen LogP contribution in [0.5, 0.6) is 0 Å². The van der Waals surface area contributed by atoms with Crippen LogP contribution >= 0.6 is 0 Å². The van der Waals surface area contributed by atoms with Gasteiger partial charge in [0.15, 0.2) is 0 Å². The molecule has 2 aromatic heterocycles. The van der Waals surface area contributed by atoms with Gasteiger partial charge in [0.05, 0.1) is 23.1 Å². The lowest BCUT2D eigenvalue weighted by molar-refractivity contribution is -0.129. The van der Waals surface area contributed by atoms with E-state index in [4.69, 9.17) is 10.00 Å². The van der Waals surface area contributed by atoms with Crippen molar-refractivity contribution in [2.24, 2.45) is 0 Å². The molecule has 1 atom stereocenters. The molecule has 0 unspecified atom stereocenters. The number of alkyl carbamates (subject to hydrolysis) is 1. The summed E-state index contributed by atoms with van der Waals surface area (Å²) in [6.07, 6.45) is 3.53. The first-order valence-corrected chi connectivity index (χ1v) is 12.6. The number of nitrogens with zero attached hydrogens (tertiary/aromatic N) is 4. The number of piperidine rings is 1. The monoisotopic (exact) mass is 519 g/mol. The van der Waals surface area contributed by atoms with Crippen molar-refractivity contribution in [1.29, 1.82) is 5.26 Å². The van der Waals surface area contributed by atoms with E-state index in [1.807, 2.05) is 6.07 Å². The van der Waals surface area contributed by atoms with Crippen LogP contribution in [-0.2, 0) is 9.53 Å². The Morgan fingerprint density at radius 1 is 1.21 bits per heavy atom. The number of benzene rings is 1. The SMILES string of the molecule is CC(C)(C)OC(=O)NC1(C(=O)N[C@@H](CCO)c2ccc(C#N)cc2)CCN(c2ncnc3[nH]ccc23)CC1. The molecule has 1 saturated heterocycles. The number of carbonyl (C=O) groups excluding carboxylic acids is 2. The third-order valence-corrected chi connectivity index (χ3v) is 6.59. The number of carbonyl (C=O) groups is 2. The molecule has 1 aliphatic heterocycles. The number of hydrogen-bond acceptors (Lipinski definition) is 8. The maximum absolute atomic E-state index is 13.9. The number of nitriles is 1. The number of fused-ring (bicyclic) bond motifs is 1. The number of amides is 2. The predicted octanol–water partition coefficient (Wildman–Crippen LogP) is 2.93. The van der Waals surface area contributed by atoms with Gasteiger partial charge in [-0.1, -0.05) is 12.1 Å². The fourth-order valence-corrected chi connectivity index (χ4v) is 4.66. The molecule has 0 saturated carbocycles. The van der Waals surface area contributed by atoms with Crippen molar-refractivity contribution in [1.82, 2.24) is 25.6 Å². The van der Waals surface area contributed by atoms with Crippen molar-refractivity contribution >= 4 is 28.9 Å². The summed E-state index contributed by atoms with van der Waals surface area (Å²) in [6, 6.07) is 10.3. The molecule has 200 valence electrons. The topological polar surface area (TPSA) is 156 Å². The van der Waals surface area contributed by atoms with Crippen molar-refractivity contribution in [3.8, 4) is 6.07 Å². The van der Waals surface area contributed by atoms with Crippen LogP contribution in [0.3, 0.4) is 0 Å². The summed E-state index contributed by atoms with van der Waals surface area (Å²) in [6.45, 7) is 6.07. The van der Waals surface area contributed by atoms with Crippen LogP contribution in [0.4, 0.5) is 10.6 Å². The van der Waals surface area contributed by atoms with Gasteiger partial charge in [-0.3, -0.25) is 4.79 Å². The van der Waals surface area contributed by atoms with Crippen LogP contribution in [0.15, 0.2) is 42.9 Å². The molecule has 3 heterocycles. The van der Waals surface area contributed by atoms with Crippen LogP contribution < -0.4 is 15.5 Å². The second kappa shape index (κ2) is 11.1. The van der Waals surface area contributed by atoms with Gasteiger partial charge in [0.25, 0.3) is 0 Å². The highest BCUT2D eigenvalue weighted by Gasteiger charge is 2.44. The van der Waals surface area contributed by atoms with E-state index < -0.39 is 23.3 Å². The average Bonchev–Trinajstić information content (AvgIpc) is 3.37. The number of H-pyrrole nitrogens is 1. The second-order valence-electron chi connectivity index (χ2n) is 10.4. The number of rotatable bonds is 7. The molecule has 1 aromatic carbocycles. The maximum atomic E-state index is 13.9. The van der Waals surface area contributed by atoms with Gasteiger partial charge in [-0.2, -0.15) is 5.26 Å². The van der Waals surface area contributed by atoms with Crippen molar-refractivity contribution < 1.29 is 19.4 Å². The van der Waals surface area contributed by atoms with E-state index >= 15 is 0 Å². The minimum absolute atomic E-state index is 0.147. The second-order valence-corrected chi connectivity index (χ2v) is 10.4. The van der Waals surface area contributed by atoms with Gasteiger partial charge in [-0.25, -0.2) is 14.8 Å². The normalized spacial score (nSPS) is 15.9. The first kappa shape index (κ1) is 26.9. The van der Waals surface area contributed by atoms with Gasteiger partial charge in [0.2, 0.25) is 5.91 Å². The molecule has 0 bridgehead atoms. The summed E-state index contributed by atoms with van der Waals surface area (Å²) in [5.74, 6) is 0.401. The van der Waals surface area contributed by atoms with Crippen LogP contribution in [0, 0.1) is 11.3 Å². The molecule has 1 aliphatic rings. The highest BCUT2D eigenvalue weighted by Crippen LogP contribution is 2.31. The summed E-state index contributed by atoms with van der Waals surface area (Å²) in [5.41, 5.74) is 0.0200. The van der Waals surface area contributed by atoms with Crippen molar-refractivity contribution in [2.75, 3.05) is 24.6 Å². The first-order chi connectivity index (χ1) is 18.1. The summed E-state index contributed by atoms with van der Waals surface area (Å²) >= 11 is 0. The van der Waals surface area contributed by atoms with E-state index in [1.54, 1.807) is 51.2 Å².